The lowest BCUT2D eigenvalue weighted by Gasteiger charge is -2.37. The zero-order valence-electron chi connectivity index (χ0n) is 16.3. The van der Waals surface area contributed by atoms with Gasteiger partial charge in [0.1, 0.15) is 5.75 Å². The quantitative estimate of drug-likeness (QED) is 0.496. The summed E-state index contributed by atoms with van der Waals surface area (Å²) in [6.45, 7) is -1.33. The molecule has 0 unspecified atom stereocenters. The van der Waals surface area contributed by atoms with Crippen molar-refractivity contribution in [3.05, 3.63) is 53.6 Å². The van der Waals surface area contributed by atoms with Crippen LogP contribution in [0, 0.1) is 5.41 Å². The lowest BCUT2D eigenvalue weighted by molar-refractivity contribution is -0.113. The van der Waals surface area contributed by atoms with Gasteiger partial charge in [0.2, 0.25) is 0 Å². The summed E-state index contributed by atoms with van der Waals surface area (Å²) < 4.78 is 52.3. The fraction of sp³-hybridized carbons (Fsp3) is 0.286. The van der Waals surface area contributed by atoms with E-state index in [0.29, 0.717) is 0 Å². The Kier molecular flexibility index (Phi) is 4.92. The second-order valence-electron chi connectivity index (χ2n) is 8.02. The molecule has 1 amide bonds. The fourth-order valence-electron chi connectivity index (χ4n) is 4.08. The van der Waals surface area contributed by atoms with Gasteiger partial charge in [-0.1, -0.05) is 13.0 Å². The molecule has 0 N–H and O–H groups in total. The molecular formula is C21H17F2NO6S. The lowest BCUT2D eigenvalue weighted by Crippen LogP contribution is -2.47. The van der Waals surface area contributed by atoms with Crippen molar-refractivity contribution in [3.63, 3.8) is 0 Å². The van der Waals surface area contributed by atoms with Crippen LogP contribution in [0.25, 0.3) is 0 Å². The summed E-state index contributed by atoms with van der Waals surface area (Å²) in [6.07, 6.45) is 0.00385. The monoisotopic (exact) mass is 449 g/mol. The Morgan fingerprint density at radius 1 is 1.16 bits per heavy atom. The molecule has 10 heteroatoms. The van der Waals surface area contributed by atoms with Crippen LogP contribution in [0.5, 0.6) is 5.75 Å². The molecule has 7 nitrogen and oxygen atoms in total. The van der Waals surface area contributed by atoms with Gasteiger partial charge in [-0.2, -0.15) is 8.78 Å². The van der Waals surface area contributed by atoms with Crippen molar-refractivity contribution in [1.29, 1.82) is 0 Å². The Morgan fingerprint density at radius 3 is 2.52 bits per heavy atom. The summed E-state index contributed by atoms with van der Waals surface area (Å²) in [5, 5.41) is 0. The number of hydrogen-bond acceptors (Lipinski definition) is 6. The van der Waals surface area contributed by atoms with Crippen molar-refractivity contribution >= 4 is 38.7 Å². The predicted molar refractivity (Wildman–Crippen MR) is 107 cm³/mol. The minimum Gasteiger partial charge on any atom is -0.435 e. The SMILES string of the molecule is CC1(CC(=O)c2ccc3c(c2)C(=O)C(=O)N3c2cccc(OC(F)F)c2)CS(=O)(=O)C1. The van der Waals surface area contributed by atoms with Crippen LogP contribution in [0.15, 0.2) is 42.5 Å². The maximum atomic E-state index is 12.7. The second-order valence-corrected chi connectivity index (χ2v) is 10.1. The average Bonchev–Trinajstić information content (AvgIpc) is 2.89. The molecule has 0 spiro atoms. The van der Waals surface area contributed by atoms with Gasteiger partial charge in [-0.05, 0) is 30.3 Å². The van der Waals surface area contributed by atoms with E-state index in [1.165, 1.54) is 42.5 Å². The van der Waals surface area contributed by atoms with Gasteiger partial charge in [0.25, 0.3) is 5.78 Å². The summed E-state index contributed by atoms with van der Waals surface area (Å²) in [5.41, 5.74) is -0.0458. The summed E-state index contributed by atoms with van der Waals surface area (Å²) in [7, 11) is -3.11. The highest BCUT2D eigenvalue weighted by atomic mass is 32.2. The summed E-state index contributed by atoms with van der Waals surface area (Å²) in [4.78, 5) is 38.8. The van der Waals surface area contributed by atoms with Crippen LogP contribution in [-0.2, 0) is 14.6 Å². The van der Waals surface area contributed by atoms with Crippen molar-refractivity contribution in [3.8, 4) is 5.75 Å². The van der Waals surface area contributed by atoms with Gasteiger partial charge in [-0.25, -0.2) is 8.42 Å². The van der Waals surface area contributed by atoms with E-state index in [9.17, 15) is 31.6 Å². The fourth-order valence-corrected chi connectivity index (χ4v) is 6.32. The number of carbonyl (C=O) groups is 3. The number of fused-ring (bicyclic) bond motifs is 1. The minimum atomic E-state index is -3.11. The molecule has 0 atom stereocenters. The number of Topliss-reactive ketones (excluding diaryl/α,β-unsaturated/α-hetero) is 2. The molecule has 2 aliphatic heterocycles. The van der Waals surface area contributed by atoms with Crippen LogP contribution in [0.2, 0.25) is 0 Å². The number of ether oxygens (including phenoxy) is 1. The number of halogens is 2. The van der Waals surface area contributed by atoms with Crippen LogP contribution in [-0.4, -0.2) is 44.0 Å². The molecule has 31 heavy (non-hydrogen) atoms. The number of ketones is 2. The van der Waals surface area contributed by atoms with E-state index in [2.05, 4.69) is 4.74 Å². The van der Waals surface area contributed by atoms with E-state index < -0.39 is 33.6 Å². The van der Waals surface area contributed by atoms with Crippen molar-refractivity contribution in [1.82, 2.24) is 0 Å². The van der Waals surface area contributed by atoms with Crippen LogP contribution in [0.3, 0.4) is 0 Å². The standard InChI is InChI=1S/C21H17F2NO6S/c1-21(10-31(28,29)11-21)9-17(25)12-5-6-16-15(7-12)18(26)19(27)24(16)13-3-2-4-14(8-13)30-20(22)23/h2-8,20H,9-11H2,1H3. The highest BCUT2D eigenvalue weighted by molar-refractivity contribution is 7.92. The van der Waals surface area contributed by atoms with Gasteiger partial charge in [0.05, 0.1) is 28.4 Å². The van der Waals surface area contributed by atoms with Crippen molar-refractivity contribution in [2.24, 2.45) is 5.41 Å². The number of carbonyl (C=O) groups excluding carboxylic acids is 3. The highest BCUT2D eigenvalue weighted by Crippen LogP contribution is 2.39. The van der Waals surface area contributed by atoms with Crippen LogP contribution in [0.4, 0.5) is 20.2 Å². The highest BCUT2D eigenvalue weighted by Gasteiger charge is 2.46. The van der Waals surface area contributed by atoms with Gasteiger partial charge in [-0.15, -0.1) is 0 Å². The van der Waals surface area contributed by atoms with E-state index >= 15 is 0 Å². The third-order valence-corrected chi connectivity index (χ3v) is 7.50. The first-order valence-electron chi connectivity index (χ1n) is 9.29. The largest absolute Gasteiger partial charge is 0.435 e. The molecule has 0 aliphatic carbocycles. The molecule has 2 heterocycles. The Labute approximate surface area is 176 Å². The Morgan fingerprint density at radius 2 is 1.87 bits per heavy atom. The van der Waals surface area contributed by atoms with Gasteiger partial charge < -0.3 is 4.74 Å². The first-order valence-corrected chi connectivity index (χ1v) is 11.1. The average molecular weight is 449 g/mol. The third kappa shape index (κ3) is 3.95. The van der Waals surface area contributed by atoms with Crippen molar-refractivity contribution in [2.45, 2.75) is 20.0 Å². The van der Waals surface area contributed by atoms with Gasteiger partial charge in [0.15, 0.2) is 15.6 Å². The van der Waals surface area contributed by atoms with E-state index in [0.717, 1.165) is 4.90 Å². The van der Waals surface area contributed by atoms with E-state index in [-0.39, 0.29) is 52.0 Å². The van der Waals surface area contributed by atoms with Gasteiger partial charge in [0, 0.05) is 23.5 Å². The number of anilines is 2. The molecule has 162 valence electrons. The number of benzene rings is 2. The summed E-state index contributed by atoms with van der Waals surface area (Å²) in [6, 6.07) is 9.59. The smallest absolute Gasteiger partial charge is 0.387 e. The molecule has 1 saturated heterocycles. The maximum Gasteiger partial charge on any atom is 0.387 e. The summed E-state index contributed by atoms with van der Waals surface area (Å²) in [5.74, 6) is -2.35. The van der Waals surface area contributed by atoms with E-state index in [1.807, 2.05) is 0 Å². The molecule has 0 bridgehead atoms. The zero-order valence-corrected chi connectivity index (χ0v) is 17.1. The number of alkyl halides is 2. The van der Waals surface area contributed by atoms with Crippen molar-refractivity contribution < 1.29 is 36.3 Å². The number of nitrogens with zero attached hydrogens (tertiary/aromatic N) is 1. The Balaban J connectivity index is 1.62. The van der Waals surface area contributed by atoms with Gasteiger partial charge >= 0.3 is 12.5 Å². The topological polar surface area (TPSA) is 97.8 Å². The van der Waals surface area contributed by atoms with Crippen LogP contribution >= 0.6 is 0 Å². The first-order chi connectivity index (χ1) is 14.5. The molecule has 2 aromatic carbocycles. The molecule has 2 aliphatic rings. The zero-order chi connectivity index (χ0) is 22.6. The maximum absolute atomic E-state index is 12.7. The molecular weight excluding hydrogens is 432 g/mol. The lowest BCUT2D eigenvalue weighted by atomic mass is 9.86. The number of sulfone groups is 1. The third-order valence-electron chi connectivity index (χ3n) is 5.23. The molecule has 2 aromatic rings. The normalized spacial score (nSPS) is 18.6. The Hall–Kier alpha value is -3.14. The second kappa shape index (κ2) is 7.23. The molecule has 0 saturated carbocycles. The van der Waals surface area contributed by atoms with Crippen LogP contribution < -0.4 is 9.64 Å². The number of rotatable bonds is 6. The Bertz CT molecular complexity index is 1210. The first kappa shape index (κ1) is 21.1. The number of hydrogen-bond donors (Lipinski definition) is 0. The van der Waals surface area contributed by atoms with Crippen LogP contribution in [0.1, 0.15) is 34.1 Å². The van der Waals surface area contributed by atoms with Crippen molar-refractivity contribution in [2.75, 3.05) is 16.4 Å². The molecule has 1 fully saturated rings. The molecule has 0 radical (unpaired) electrons. The predicted octanol–water partition coefficient (Wildman–Crippen LogP) is 3.16. The van der Waals surface area contributed by atoms with E-state index in [1.54, 1.807) is 6.92 Å². The minimum absolute atomic E-state index is 0.00385. The number of amides is 1. The van der Waals surface area contributed by atoms with E-state index in [4.69, 9.17) is 0 Å². The summed E-state index contributed by atoms with van der Waals surface area (Å²) >= 11 is 0. The van der Waals surface area contributed by atoms with Gasteiger partial charge in [-0.3, -0.25) is 19.3 Å². The molecule has 4 rings (SSSR count). The molecule has 0 aromatic heterocycles.